The van der Waals surface area contributed by atoms with Gasteiger partial charge in [-0.3, -0.25) is 28.9 Å². The molecule has 11 heteroatoms. The molecule has 0 aromatic heterocycles. The predicted molar refractivity (Wildman–Crippen MR) is 156 cm³/mol. The number of rotatable bonds is 5. The summed E-state index contributed by atoms with van der Waals surface area (Å²) in [7, 11) is 3.11. The number of phenolic OH excluding ortho intramolecular Hbond substituents is 1. The molecule has 43 heavy (non-hydrogen) atoms. The Bertz CT molecular complexity index is 1490. The number of hydrogen-bond donors (Lipinski definition) is 4. The lowest BCUT2D eigenvalue weighted by Gasteiger charge is -2.52. The van der Waals surface area contributed by atoms with Crippen molar-refractivity contribution in [3.8, 4) is 5.75 Å². The molecule has 6 rings (SSSR count). The zero-order valence-corrected chi connectivity index (χ0v) is 26.0. The van der Waals surface area contributed by atoms with Crippen molar-refractivity contribution in [2.75, 3.05) is 14.1 Å². The molecule has 1 amide bonds. The minimum absolute atomic E-state index is 0.0135. The van der Waals surface area contributed by atoms with Crippen LogP contribution in [0.4, 0.5) is 0 Å². The Balaban J connectivity index is 1.34. The third kappa shape index (κ3) is 3.85. The van der Waals surface area contributed by atoms with E-state index in [0.717, 1.165) is 12.8 Å². The second-order valence-electron chi connectivity index (χ2n) is 14.6. The number of nitrogens with zero attached hydrogens (tertiary/aromatic N) is 1. The number of benzene rings is 1. The Morgan fingerprint density at radius 3 is 2.37 bits per heavy atom. The van der Waals surface area contributed by atoms with Gasteiger partial charge in [-0.2, -0.15) is 0 Å². The largest absolute Gasteiger partial charge is 0.507 e. The highest BCUT2D eigenvalue weighted by Gasteiger charge is 2.69. The standard InChI is InChI=1S/C32H40ClN3O7/c1-30(2)15-6-7-31(30,3)19(11-15)35-12-14-10-18(37)21-16(23(14)33)8-13-9-17-24(36(4)5)26(39)22(29(34)42)28(41)32(17,43)27(40)20(13)25(21)38/h10,13,15,17,19-20,22,24,35,37,43H,6-9,11-12H2,1-5H3,(H2,34,42)/t13-,15?,17-,19-,20?,22?,24-,31?,32-/m0/s1. The summed E-state index contributed by atoms with van der Waals surface area (Å²) >= 11 is 6.93. The molecule has 10 nitrogen and oxygen atoms in total. The Hall–Kier alpha value is -2.66. The number of phenols is 1. The molecule has 4 fully saturated rings. The highest BCUT2D eigenvalue weighted by atomic mass is 35.5. The minimum atomic E-state index is -2.75. The molecule has 0 aliphatic heterocycles. The highest BCUT2D eigenvalue weighted by Crippen LogP contribution is 2.65. The number of nitrogens with one attached hydrogen (secondary N) is 1. The smallest absolute Gasteiger partial charge is 0.235 e. The van der Waals surface area contributed by atoms with E-state index in [2.05, 4.69) is 26.1 Å². The van der Waals surface area contributed by atoms with Crippen molar-refractivity contribution in [3.63, 3.8) is 0 Å². The van der Waals surface area contributed by atoms with E-state index < -0.39 is 64.4 Å². The molecule has 0 heterocycles. The van der Waals surface area contributed by atoms with E-state index in [4.69, 9.17) is 17.3 Å². The number of hydrogen-bond acceptors (Lipinski definition) is 9. The number of nitrogens with two attached hydrogens (primary N) is 1. The summed E-state index contributed by atoms with van der Waals surface area (Å²) in [5, 5.41) is 26.8. The molecule has 0 spiro atoms. The van der Waals surface area contributed by atoms with Gasteiger partial charge in [-0.25, -0.2) is 0 Å². The van der Waals surface area contributed by atoms with E-state index >= 15 is 0 Å². The van der Waals surface area contributed by atoms with Gasteiger partial charge in [-0.05, 0) is 86.1 Å². The number of aromatic hydroxyl groups is 1. The third-order valence-electron chi connectivity index (χ3n) is 12.4. The molecule has 1 aromatic carbocycles. The first-order valence-electron chi connectivity index (χ1n) is 15.1. The SMILES string of the molecule is CN(C)[C@@H]1C(=O)C(C(N)=O)C(=O)[C@@]2(O)C(=O)C3C(=O)c4c(O)cc(CN[C@H]5CC6CCC5(C)C6(C)C)c(Cl)c4C[C@H]3C[C@@H]12. The Kier molecular flexibility index (Phi) is 6.83. The Morgan fingerprint density at radius 2 is 1.81 bits per heavy atom. The molecule has 1 aromatic rings. The van der Waals surface area contributed by atoms with Gasteiger partial charge in [-0.1, -0.05) is 32.4 Å². The summed E-state index contributed by atoms with van der Waals surface area (Å²) < 4.78 is 0. The molecule has 0 radical (unpaired) electrons. The van der Waals surface area contributed by atoms with Gasteiger partial charge in [0, 0.05) is 23.5 Å². The lowest BCUT2D eigenvalue weighted by atomic mass is 9.52. The zero-order chi connectivity index (χ0) is 31.5. The average Bonchev–Trinajstić information content (AvgIpc) is 3.25. The van der Waals surface area contributed by atoms with E-state index in [1.54, 1.807) is 14.1 Å². The van der Waals surface area contributed by atoms with Crippen molar-refractivity contribution < 1.29 is 34.2 Å². The number of aliphatic hydroxyl groups is 1. The van der Waals surface area contributed by atoms with E-state index in [1.165, 1.54) is 17.4 Å². The van der Waals surface area contributed by atoms with Crippen LogP contribution in [0.1, 0.15) is 67.9 Å². The topological polar surface area (TPSA) is 167 Å². The summed E-state index contributed by atoms with van der Waals surface area (Å²) in [4.78, 5) is 68.1. The van der Waals surface area contributed by atoms with Crippen LogP contribution in [-0.4, -0.2) is 75.9 Å². The quantitative estimate of drug-likeness (QED) is 0.362. The second kappa shape index (κ2) is 9.67. The van der Waals surface area contributed by atoms with Crippen LogP contribution < -0.4 is 11.1 Å². The maximum absolute atomic E-state index is 13.9. The molecule has 9 atom stereocenters. The number of primary amides is 1. The van der Waals surface area contributed by atoms with E-state index in [0.29, 0.717) is 28.6 Å². The molecule has 5 aliphatic carbocycles. The zero-order valence-electron chi connectivity index (χ0n) is 25.2. The number of carbonyl (C=O) groups is 5. The molecular weight excluding hydrogens is 574 g/mol. The fourth-order valence-electron chi connectivity index (χ4n) is 9.58. The lowest BCUT2D eigenvalue weighted by Crippen LogP contribution is -2.74. The molecule has 4 unspecified atom stereocenters. The van der Waals surface area contributed by atoms with Crippen molar-refractivity contribution in [1.29, 1.82) is 0 Å². The van der Waals surface area contributed by atoms with Crippen molar-refractivity contribution in [1.82, 2.24) is 10.2 Å². The monoisotopic (exact) mass is 613 g/mol. The normalized spacial score (nSPS) is 39.6. The number of likely N-dealkylation sites (N-methyl/N-ethyl adjacent to an activating group) is 1. The van der Waals surface area contributed by atoms with Gasteiger partial charge in [0.1, 0.15) is 5.75 Å². The fourth-order valence-corrected chi connectivity index (χ4v) is 9.87. The molecule has 5 N–H and O–H groups in total. The maximum atomic E-state index is 13.9. The van der Waals surface area contributed by atoms with Gasteiger partial charge >= 0.3 is 0 Å². The highest BCUT2D eigenvalue weighted by molar-refractivity contribution is 6.34. The lowest BCUT2D eigenvalue weighted by molar-refractivity contribution is -0.181. The average molecular weight is 614 g/mol. The molecular formula is C32H40ClN3O7. The number of carbonyl (C=O) groups excluding carboxylic acids is 5. The molecule has 232 valence electrons. The van der Waals surface area contributed by atoms with Crippen LogP contribution in [0.2, 0.25) is 5.02 Å². The van der Waals surface area contributed by atoms with Crippen molar-refractivity contribution in [2.45, 2.75) is 77.1 Å². The fraction of sp³-hybridized carbons (Fsp3) is 0.656. The third-order valence-corrected chi connectivity index (χ3v) is 12.9. The van der Waals surface area contributed by atoms with Crippen molar-refractivity contribution >= 4 is 40.6 Å². The molecule has 2 bridgehead atoms. The number of halogens is 1. The van der Waals surface area contributed by atoms with Crippen LogP contribution in [0.15, 0.2) is 6.07 Å². The van der Waals surface area contributed by atoms with Crippen LogP contribution in [0, 0.1) is 40.4 Å². The number of Topliss-reactive ketones (excluding diaryl/α,β-unsaturated/α-hetero) is 4. The van der Waals surface area contributed by atoms with Gasteiger partial charge in [0.2, 0.25) is 5.91 Å². The van der Waals surface area contributed by atoms with Crippen LogP contribution in [0.25, 0.3) is 0 Å². The summed E-state index contributed by atoms with van der Waals surface area (Å²) in [6.45, 7) is 7.39. The summed E-state index contributed by atoms with van der Waals surface area (Å²) in [6, 6.07) is 0.588. The first kappa shape index (κ1) is 30.4. The predicted octanol–water partition coefficient (Wildman–Crippen LogP) is 1.82. The van der Waals surface area contributed by atoms with Gasteiger partial charge < -0.3 is 21.3 Å². The first-order valence-corrected chi connectivity index (χ1v) is 15.5. The minimum Gasteiger partial charge on any atom is -0.507 e. The molecule has 5 aliphatic rings. The molecule has 4 saturated carbocycles. The van der Waals surface area contributed by atoms with E-state index in [9.17, 15) is 34.2 Å². The summed E-state index contributed by atoms with van der Waals surface area (Å²) in [5.41, 5.74) is 3.95. The van der Waals surface area contributed by atoms with Crippen LogP contribution in [0.3, 0.4) is 0 Å². The number of ketones is 4. The summed E-state index contributed by atoms with van der Waals surface area (Å²) in [6.07, 6.45) is 3.55. The van der Waals surface area contributed by atoms with Crippen LogP contribution in [0.5, 0.6) is 5.75 Å². The Morgan fingerprint density at radius 1 is 1.14 bits per heavy atom. The Labute approximate surface area is 255 Å². The van der Waals surface area contributed by atoms with Gasteiger partial charge in [0.05, 0.1) is 17.5 Å². The summed E-state index contributed by atoms with van der Waals surface area (Å²) in [5.74, 6) is -10.1. The van der Waals surface area contributed by atoms with Gasteiger partial charge in [-0.15, -0.1) is 0 Å². The number of fused-ring (bicyclic) bond motifs is 5. The van der Waals surface area contributed by atoms with Crippen LogP contribution >= 0.6 is 11.6 Å². The van der Waals surface area contributed by atoms with Crippen molar-refractivity contribution in [2.24, 2.45) is 46.2 Å². The maximum Gasteiger partial charge on any atom is 0.235 e. The first-order chi connectivity index (χ1) is 20.0. The van der Waals surface area contributed by atoms with Crippen molar-refractivity contribution in [3.05, 3.63) is 27.8 Å². The second-order valence-corrected chi connectivity index (χ2v) is 14.9. The van der Waals surface area contributed by atoms with Gasteiger partial charge in [0.25, 0.3) is 0 Å². The van der Waals surface area contributed by atoms with Gasteiger partial charge in [0.15, 0.2) is 34.7 Å². The number of amides is 1. The van der Waals surface area contributed by atoms with E-state index in [-0.39, 0.29) is 41.0 Å². The molecule has 0 saturated heterocycles. The van der Waals surface area contributed by atoms with E-state index in [1.807, 2.05) is 0 Å². The van der Waals surface area contributed by atoms with Crippen LogP contribution in [-0.2, 0) is 32.1 Å².